The van der Waals surface area contributed by atoms with Crippen LogP contribution in [0.4, 0.5) is 0 Å². The van der Waals surface area contributed by atoms with Crippen molar-refractivity contribution in [3.05, 3.63) is 35.4 Å². The minimum absolute atomic E-state index is 0.401. The van der Waals surface area contributed by atoms with E-state index in [1.165, 1.54) is 17.5 Å². The van der Waals surface area contributed by atoms with E-state index in [9.17, 15) is 0 Å². The fourth-order valence-electron chi connectivity index (χ4n) is 2.96. The van der Waals surface area contributed by atoms with Crippen molar-refractivity contribution in [2.45, 2.75) is 66.1 Å². The molecule has 1 aromatic carbocycles. The molecule has 0 radical (unpaired) electrons. The molecule has 1 aromatic rings. The van der Waals surface area contributed by atoms with Gasteiger partial charge in [0.05, 0.1) is 0 Å². The first-order valence-electron chi connectivity index (χ1n) is 8.06. The summed E-state index contributed by atoms with van der Waals surface area (Å²) in [7, 11) is 0. The zero-order valence-corrected chi connectivity index (χ0v) is 14.1. The highest BCUT2D eigenvalue weighted by Gasteiger charge is 2.25. The molecule has 0 saturated carbocycles. The Morgan fingerprint density at radius 3 is 2.10 bits per heavy atom. The normalized spacial score (nSPS) is 14.8. The molecule has 20 heavy (non-hydrogen) atoms. The van der Waals surface area contributed by atoms with Crippen molar-refractivity contribution in [2.75, 3.05) is 13.1 Å². The Kier molecular flexibility index (Phi) is 7.25. The van der Waals surface area contributed by atoms with E-state index in [-0.39, 0.29) is 0 Å². The van der Waals surface area contributed by atoms with Crippen LogP contribution in [0.15, 0.2) is 24.3 Å². The molecule has 0 aliphatic rings. The molecule has 2 heteroatoms. The lowest BCUT2D eigenvalue weighted by atomic mass is 9.97. The molecule has 2 unspecified atom stereocenters. The van der Waals surface area contributed by atoms with E-state index < -0.39 is 0 Å². The molecule has 0 aliphatic heterocycles. The monoisotopic (exact) mass is 276 g/mol. The lowest BCUT2D eigenvalue weighted by Gasteiger charge is -2.37. The number of nitrogens with one attached hydrogen (secondary N) is 1. The molecular formula is C18H32N2. The van der Waals surface area contributed by atoms with Crippen LogP contribution in [0, 0.1) is 6.92 Å². The van der Waals surface area contributed by atoms with Crippen molar-refractivity contribution in [1.29, 1.82) is 0 Å². The Bertz CT molecular complexity index is 370. The summed E-state index contributed by atoms with van der Waals surface area (Å²) in [6, 6.07) is 10.4. The summed E-state index contributed by atoms with van der Waals surface area (Å²) in [6.45, 7) is 15.7. The van der Waals surface area contributed by atoms with E-state index in [4.69, 9.17) is 0 Å². The molecule has 1 N–H and O–H groups in total. The smallest absolute Gasteiger partial charge is 0.0475 e. The van der Waals surface area contributed by atoms with Gasteiger partial charge in [0.15, 0.2) is 0 Å². The summed E-state index contributed by atoms with van der Waals surface area (Å²) in [5.41, 5.74) is 2.72. The van der Waals surface area contributed by atoms with Gasteiger partial charge in [-0.2, -0.15) is 0 Å². The average molecular weight is 276 g/mol. The third-order valence-electron chi connectivity index (χ3n) is 4.08. The fraction of sp³-hybridized carbons (Fsp3) is 0.667. The summed E-state index contributed by atoms with van der Waals surface area (Å²) in [6.07, 6.45) is 1.17. The third kappa shape index (κ3) is 4.60. The van der Waals surface area contributed by atoms with Crippen molar-refractivity contribution in [1.82, 2.24) is 10.2 Å². The molecular weight excluding hydrogens is 244 g/mol. The molecule has 0 spiro atoms. The largest absolute Gasteiger partial charge is 0.309 e. The van der Waals surface area contributed by atoms with Crippen LogP contribution in [0.25, 0.3) is 0 Å². The second kappa shape index (κ2) is 8.43. The maximum absolute atomic E-state index is 3.73. The van der Waals surface area contributed by atoms with Crippen LogP contribution in [0.3, 0.4) is 0 Å². The van der Waals surface area contributed by atoms with Crippen molar-refractivity contribution >= 4 is 0 Å². The van der Waals surface area contributed by atoms with E-state index >= 15 is 0 Å². The molecule has 0 saturated heterocycles. The minimum atomic E-state index is 0.401. The molecule has 1 rings (SSSR count). The number of benzene rings is 1. The number of rotatable bonds is 8. The topological polar surface area (TPSA) is 15.3 Å². The molecule has 0 amide bonds. The van der Waals surface area contributed by atoms with Crippen LogP contribution in [0.2, 0.25) is 0 Å². The van der Waals surface area contributed by atoms with Crippen molar-refractivity contribution in [3.63, 3.8) is 0 Å². The van der Waals surface area contributed by atoms with E-state index in [0.717, 1.165) is 13.1 Å². The highest BCUT2D eigenvalue weighted by atomic mass is 15.2. The first-order valence-corrected chi connectivity index (χ1v) is 8.06. The molecule has 0 heterocycles. The molecule has 114 valence electrons. The van der Waals surface area contributed by atoms with E-state index in [1.54, 1.807) is 0 Å². The van der Waals surface area contributed by atoms with E-state index in [0.29, 0.717) is 18.1 Å². The van der Waals surface area contributed by atoms with Crippen molar-refractivity contribution in [3.8, 4) is 0 Å². The van der Waals surface area contributed by atoms with Gasteiger partial charge in [-0.25, -0.2) is 0 Å². The van der Waals surface area contributed by atoms with Crippen LogP contribution < -0.4 is 5.32 Å². The van der Waals surface area contributed by atoms with Gasteiger partial charge in [-0.1, -0.05) is 43.7 Å². The van der Waals surface area contributed by atoms with Crippen LogP contribution in [-0.2, 0) is 0 Å². The Hall–Kier alpha value is -0.860. The Balaban J connectivity index is 2.95. The number of hydrogen-bond acceptors (Lipinski definition) is 2. The molecule has 2 nitrogen and oxygen atoms in total. The summed E-state index contributed by atoms with van der Waals surface area (Å²) in [5.74, 6) is 0. The number of aryl methyl sites for hydroxylation is 1. The second-order valence-electron chi connectivity index (χ2n) is 6.01. The van der Waals surface area contributed by atoms with Crippen LogP contribution in [-0.4, -0.2) is 30.1 Å². The van der Waals surface area contributed by atoms with Crippen molar-refractivity contribution < 1.29 is 0 Å². The summed E-state index contributed by atoms with van der Waals surface area (Å²) < 4.78 is 0. The highest BCUT2D eigenvalue weighted by Crippen LogP contribution is 2.23. The van der Waals surface area contributed by atoms with Gasteiger partial charge in [0, 0.05) is 18.1 Å². The van der Waals surface area contributed by atoms with Crippen LogP contribution in [0.5, 0.6) is 0 Å². The molecule has 0 aliphatic carbocycles. The number of nitrogens with zero attached hydrogens (tertiary/aromatic N) is 1. The van der Waals surface area contributed by atoms with E-state index in [1.807, 2.05) is 0 Å². The predicted molar refractivity (Wildman–Crippen MR) is 89.2 cm³/mol. The minimum Gasteiger partial charge on any atom is -0.309 e. The van der Waals surface area contributed by atoms with Crippen molar-refractivity contribution in [2.24, 2.45) is 0 Å². The Labute approximate surface area is 125 Å². The van der Waals surface area contributed by atoms with E-state index in [2.05, 4.69) is 76.0 Å². The maximum Gasteiger partial charge on any atom is 0.0475 e. The van der Waals surface area contributed by atoms with Gasteiger partial charge in [0.2, 0.25) is 0 Å². The van der Waals surface area contributed by atoms with Gasteiger partial charge >= 0.3 is 0 Å². The lowest BCUT2D eigenvalue weighted by Crippen LogP contribution is -2.46. The summed E-state index contributed by atoms with van der Waals surface area (Å²) in [4.78, 5) is 2.56. The first kappa shape index (κ1) is 17.2. The zero-order chi connectivity index (χ0) is 15.1. The predicted octanol–water partition coefficient (Wildman–Crippen LogP) is 4.15. The van der Waals surface area contributed by atoms with Gasteiger partial charge in [0.1, 0.15) is 0 Å². The molecule has 0 fully saturated rings. The zero-order valence-electron chi connectivity index (χ0n) is 14.1. The maximum atomic E-state index is 3.73. The molecule has 2 atom stereocenters. The average Bonchev–Trinajstić information content (AvgIpc) is 2.41. The Morgan fingerprint density at radius 2 is 1.65 bits per heavy atom. The SMILES string of the molecule is CCCNC(c1ccc(C)cc1)C(C)N(CC)C(C)C. The highest BCUT2D eigenvalue weighted by molar-refractivity contribution is 5.25. The molecule has 0 bridgehead atoms. The Morgan fingerprint density at radius 1 is 1.05 bits per heavy atom. The van der Waals surface area contributed by atoms with Gasteiger partial charge in [-0.05, 0) is 52.8 Å². The fourth-order valence-corrected chi connectivity index (χ4v) is 2.96. The van der Waals surface area contributed by atoms with Gasteiger partial charge in [-0.15, -0.1) is 0 Å². The third-order valence-corrected chi connectivity index (χ3v) is 4.08. The molecule has 0 aromatic heterocycles. The summed E-state index contributed by atoms with van der Waals surface area (Å²) >= 11 is 0. The number of likely N-dealkylation sites (N-methyl/N-ethyl adjacent to an activating group) is 1. The second-order valence-corrected chi connectivity index (χ2v) is 6.01. The van der Waals surface area contributed by atoms with Crippen LogP contribution >= 0.6 is 0 Å². The standard InChI is InChI=1S/C18H32N2/c1-7-13-19-18(16(6)20(8-2)14(3)4)17-11-9-15(5)10-12-17/h9-12,14,16,18-19H,7-8,13H2,1-6H3. The van der Waals surface area contributed by atoms with Gasteiger partial charge < -0.3 is 5.32 Å². The number of hydrogen-bond donors (Lipinski definition) is 1. The van der Waals surface area contributed by atoms with Gasteiger partial charge in [0.25, 0.3) is 0 Å². The summed E-state index contributed by atoms with van der Waals surface area (Å²) in [5, 5.41) is 3.73. The first-order chi connectivity index (χ1) is 9.51. The van der Waals surface area contributed by atoms with Gasteiger partial charge in [-0.3, -0.25) is 4.90 Å². The quantitative estimate of drug-likeness (QED) is 0.767. The van der Waals surface area contributed by atoms with Crippen LogP contribution in [0.1, 0.15) is 58.2 Å². The lowest BCUT2D eigenvalue weighted by molar-refractivity contribution is 0.139.